The SMILES string of the molecule is N#CC=Cc1cccs1. The normalized spacial score (nSPS) is 9.67. The molecule has 1 nitrogen and oxygen atoms in total. The Morgan fingerprint density at radius 2 is 2.56 bits per heavy atom. The van der Waals surface area contributed by atoms with E-state index in [-0.39, 0.29) is 0 Å². The highest BCUT2D eigenvalue weighted by atomic mass is 32.1. The Kier molecular flexibility index (Phi) is 2.06. The highest BCUT2D eigenvalue weighted by Gasteiger charge is 1.81. The van der Waals surface area contributed by atoms with Crippen LogP contribution in [0.3, 0.4) is 0 Å². The molecule has 0 N–H and O–H groups in total. The van der Waals surface area contributed by atoms with Crippen molar-refractivity contribution in [3.8, 4) is 6.07 Å². The topological polar surface area (TPSA) is 23.8 Å². The molecule has 2 heteroatoms. The summed E-state index contributed by atoms with van der Waals surface area (Å²) in [6.07, 6.45) is 3.27. The molecule has 0 aliphatic heterocycles. The molecule has 0 saturated carbocycles. The maximum absolute atomic E-state index is 8.13. The second-order valence-corrected chi connectivity index (χ2v) is 2.46. The van der Waals surface area contributed by atoms with E-state index in [4.69, 9.17) is 5.26 Å². The Morgan fingerprint density at radius 3 is 3.11 bits per heavy atom. The third kappa shape index (κ3) is 1.71. The molecule has 1 aromatic rings. The van der Waals surface area contributed by atoms with Crippen LogP contribution in [0.4, 0.5) is 0 Å². The van der Waals surface area contributed by atoms with Crippen LogP contribution >= 0.6 is 11.3 Å². The summed E-state index contributed by atoms with van der Waals surface area (Å²) in [4.78, 5) is 1.12. The van der Waals surface area contributed by atoms with Crippen molar-refractivity contribution in [1.82, 2.24) is 0 Å². The van der Waals surface area contributed by atoms with Crippen molar-refractivity contribution < 1.29 is 0 Å². The first-order chi connectivity index (χ1) is 4.43. The number of nitriles is 1. The summed E-state index contributed by atoms with van der Waals surface area (Å²) in [7, 11) is 0. The second-order valence-electron chi connectivity index (χ2n) is 1.48. The van der Waals surface area contributed by atoms with Gasteiger partial charge in [-0.25, -0.2) is 0 Å². The zero-order valence-electron chi connectivity index (χ0n) is 4.74. The molecule has 1 heterocycles. The number of hydrogen-bond acceptors (Lipinski definition) is 2. The maximum Gasteiger partial charge on any atom is 0.0912 e. The highest BCUT2D eigenvalue weighted by molar-refractivity contribution is 7.10. The first-order valence-corrected chi connectivity index (χ1v) is 3.41. The number of allylic oxidation sites excluding steroid dienone is 1. The first kappa shape index (κ1) is 6.06. The van der Waals surface area contributed by atoms with Crippen molar-refractivity contribution in [3.63, 3.8) is 0 Å². The molecular formula is C7H5NS. The van der Waals surface area contributed by atoms with E-state index in [9.17, 15) is 0 Å². The fourth-order valence-electron chi connectivity index (χ4n) is 0.505. The number of nitrogens with zero attached hydrogens (tertiary/aromatic N) is 1. The van der Waals surface area contributed by atoms with Crippen molar-refractivity contribution in [3.05, 3.63) is 28.5 Å². The van der Waals surface area contributed by atoms with Gasteiger partial charge in [0.05, 0.1) is 6.07 Å². The summed E-state index contributed by atoms with van der Waals surface area (Å²) in [6, 6.07) is 5.86. The van der Waals surface area contributed by atoms with Crippen LogP contribution in [0.5, 0.6) is 0 Å². The average Bonchev–Trinajstić information content (AvgIpc) is 2.34. The van der Waals surface area contributed by atoms with Gasteiger partial charge in [-0.15, -0.1) is 11.3 Å². The van der Waals surface area contributed by atoms with E-state index >= 15 is 0 Å². The highest BCUT2D eigenvalue weighted by Crippen LogP contribution is 2.09. The molecule has 9 heavy (non-hydrogen) atoms. The molecular weight excluding hydrogens is 130 g/mol. The predicted molar refractivity (Wildman–Crippen MR) is 39.0 cm³/mol. The molecule has 0 saturated heterocycles. The lowest BCUT2D eigenvalue weighted by Gasteiger charge is -1.73. The molecule has 0 bridgehead atoms. The Morgan fingerprint density at radius 1 is 1.67 bits per heavy atom. The van der Waals surface area contributed by atoms with Gasteiger partial charge in [0.1, 0.15) is 0 Å². The van der Waals surface area contributed by atoms with Crippen molar-refractivity contribution in [2.75, 3.05) is 0 Å². The number of hydrogen-bond donors (Lipinski definition) is 0. The Labute approximate surface area is 57.9 Å². The van der Waals surface area contributed by atoms with Gasteiger partial charge in [-0.2, -0.15) is 5.26 Å². The summed E-state index contributed by atoms with van der Waals surface area (Å²) >= 11 is 1.62. The number of thiophene rings is 1. The second kappa shape index (κ2) is 3.06. The lowest BCUT2D eigenvalue weighted by Crippen LogP contribution is -1.52. The standard InChI is InChI=1S/C7H5NS/c8-5-1-3-7-4-2-6-9-7/h1-4,6H. The first-order valence-electron chi connectivity index (χ1n) is 2.53. The fourth-order valence-corrected chi connectivity index (χ4v) is 1.12. The van der Waals surface area contributed by atoms with E-state index in [2.05, 4.69) is 0 Å². The summed E-state index contributed by atoms with van der Waals surface area (Å²) in [5, 5.41) is 10.1. The van der Waals surface area contributed by atoms with Crippen LogP contribution in [0, 0.1) is 11.3 Å². The van der Waals surface area contributed by atoms with Crippen LogP contribution < -0.4 is 0 Å². The van der Waals surface area contributed by atoms with Crippen LogP contribution in [0.2, 0.25) is 0 Å². The average molecular weight is 135 g/mol. The van der Waals surface area contributed by atoms with Crippen molar-refractivity contribution >= 4 is 17.4 Å². The third-order valence-electron chi connectivity index (χ3n) is 0.865. The van der Waals surface area contributed by atoms with Crippen LogP contribution in [-0.4, -0.2) is 0 Å². The largest absolute Gasteiger partial charge is 0.193 e. The van der Waals surface area contributed by atoms with Crippen molar-refractivity contribution in [2.45, 2.75) is 0 Å². The van der Waals surface area contributed by atoms with E-state index in [0.29, 0.717) is 0 Å². The van der Waals surface area contributed by atoms with Crippen molar-refractivity contribution in [1.29, 1.82) is 5.26 Å². The summed E-state index contributed by atoms with van der Waals surface area (Å²) < 4.78 is 0. The van der Waals surface area contributed by atoms with E-state index < -0.39 is 0 Å². The quantitative estimate of drug-likeness (QED) is 0.542. The Hall–Kier alpha value is -1.07. The molecule has 0 amide bonds. The zero-order chi connectivity index (χ0) is 6.53. The third-order valence-corrected chi connectivity index (χ3v) is 1.70. The Bertz CT molecular complexity index is 228. The number of rotatable bonds is 1. The molecule has 0 radical (unpaired) electrons. The van der Waals surface area contributed by atoms with E-state index in [1.165, 1.54) is 6.08 Å². The lowest BCUT2D eigenvalue weighted by molar-refractivity contribution is 1.54. The molecule has 1 aromatic heterocycles. The molecule has 0 spiro atoms. The fraction of sp³-hybridized carbons (Fsp3) is 0. The van der Waals surface area contributed by atoms with Crippen LogP contribution in [-0.2, 0) is 0 Å². The minimum absolute atomic E-state index is 1.12. The minimum atomic E-state index is 1.12. The molecule has 0 atom stereocenters. The van der Waals surface area contributed by atoms with Gasteiger partial charge in [-0.05, 0) is 17.5 Å². The van der Waals surface area contributed by atoms with Gasteiger partial charge < -0.3 is 0 Å². The summed E-state index contributed by atoms with van der Waals surface area (Å²) in [5.41, 5.74) is 0. The van der Waals surface area contributed by atoms with Gasteiger partial charge >= 0.3 is 0 Å². The smallest absolute Gasteiger partial charge is 0.0912 e. The van der Waals surface area contributed by atoms with E-state index in [1.807, 2.05) is 23.6 Å². The van der Waals surface area contributed by atoms with Crippen LogP contribution in [0.15, 0.2) is 23.6 Å². The summed E-state index contributed by atoms with van der Waals surface area (Å²) in [6.45, 7) is 0. The van der Waals surface area contributed by atoms with Gasteiger partial charge in [-0.1, -0.05) is 6.07 Å². The van der Waals surface area contributed by atoms with Crippen LogP contribution in [0.25, 0.3) is 6.08 Å². The molecule has 0 aromatic carbocycles. The van der Waals surface area contributed by atoms with Crippen molar-refractivity contribution in [2.24, 2.45) is 0 Å². The zero-order valence-corrected chi connectivity index (χ0v) is 5.56. The monoisotopic (exact) mass is 135 g/mol. The van der Waals surface area contributed by atoms with Gasteiger partial charge in [0, 0.05) is 11.0 Å². The molecule has 0 aliphatic carbocycles. The van der Waals surface area contributed by atoms with Gasteiger partial charge in [0.15, 0.2) is 0 Å². The van der Waals surface area contributed by atoms with E-state index in [1.54, 1.807) is 17.4 Å². The molecule has 0 aliphatic rings. The molecule has 0 unspecified atom stereocenters. The van der Waals surface area contributed by atoms with E-state index in [0.717, 1.165) is 4.88 Å². The van der Waals surface area contributed by atoms with Gasteiger partial charge in [0.2, 0.25) is 0 Å². The maximum atomic E-state index is 8.13. The Balaban J connectivity index is 2.71. The minimum Gasteiger partial charge on any atom is -0.193 e. The van der Waals surface area contributed by atoms with Gasteiger partial charge in [0.25, 0.3) is 0 Å². The molecule has 1 rings (SSSR count). The van der Waals surface area contributed by atoms with Gasteiger partial charge in [-0.3, -0.25) is 0 Å². The summed E-state index contributed by atoms with van der Waals surface area (Å²) in [5.74, 6) is 0. The van der Waals surface area contributed by atoms with Crippen LogP contribution in [0.1, 0.15) is 4.88 Å². The molecule has 0 fully saturated rings. The predicted octanol–water partition coefficient (Wildman–Crippen LogP) is 2.28. The lowest BCUT2D eigenvalue weighted by atomic mass is 10.4. The molecule has 44 valence electrons.